The molecule has 4 aromatic rings. The lowest BCUT2D eigenvalue weighted by Gasteiger charge is -2.29. The number of nitrogens with one attached hydrogen (secondary N) is 1. The van der Waals surface area contributed by atoms with E-state index < -0.39 is 11.9 Å². The lowest BCUT2D eigenvalue weighted by atomic mass is 9.97. The third-order valence-electron chi connectivity index (χ3n) is 8.16. The van der Waals surface area contributed by atoms with Gasteiger partial charge in [0.05, 0.1) is 23.0 Å². The number of aryl methyl sites for hydroxylation is 1. The number of nitrogens with zero attached hydrogens (tertiary/aromatic N) is 4. The maximum Gasteiger partial charge on any atom is 0.420 e. The van der Waals surface area contributed by atoms with Crippen molar-refractivity contribution >= 4 is 46.6 Å². The van der Waals surface area contributed by atoms with Gasteiger partial charge in [-0.05, 0) is 94.2 Å². The first-order chi connectivity index (χ1) is 21.5. The van der Waals surface area contributed by atoms with E-state index in [4.69, 9.17) is 37.7 Å². The van der Waals surface area contributed by atoms with Crippen molar-refractivity contribution in [3.05, 3.63) is 87.2 Å². The average Bonchev–Trinajstić information content (AvgIpc) is 3.00. The van der Waals surface area contributed by atoms with Crippen LogP contribution in [0.1, 0.15) is 29.5 Å². The minimum Gasteiger partial charge on any atom is -0.490 e. The highest BCUT2D eigenvalue weighted by molar-refractivity contribution is 6.35. The molecule has 2 heterocycles. The standard InChI is InChI=1S/C34H36Cl2FN5O3/c1-20-8-11-26(22(3)21(20)2)29-17-32(45-34(43)42(5)30-15-24(35)9-12-27(30)36)40-33(39-29)38-25-10-13-31(28(37)16-25)44-19-23-7-6-14-41(4)18-23/h8-13,15-17,23H,6-7,14,18-19H2,1-5H3,(H,38,39,40). The lowest BCUT2D eigenvalue weighted by Crippen LogP contribution is -2.34. The molecule has 1 aliphatic rings. The summed E-state index contributed by atoms with van der Waals surface area (Å²) in [4.78, 5) is 25.8. The number of anilines is 3. The monoisotopic (exact) mass is 651 g/mol. The van der Waals surface area contributed by atoms with E-state index in [2.05, 4.69) is 22.2 Å². The summed E-state index contributed by atoms with van der Waals surface area (Å²) in [6, 6.07) is 15.0. The Morgan fingerprint density at radius 2 is 1.87 bits per heavy atom. The third kappa shape index (κ3) is 7.84. The van der Waals surface area contributed by atoms with E-state index in [1.165, 1.54) is 18.0 Å². The van der Waals surface area contributed by atoms with Crippen LogP contribution in [0, 0.1) is 32.5 Å². The van der Waals surface area contributed by atoms with Gasteiger partial charge in [0.2, 0.25) is 11.8 Å². The molecular weight excluding hydrogens is 616 g/mol. The number of halogens is 3. The first-order valence-electron chi connectivity index (χ1n) is 14.7. The van der Waals surface area contributed by atoms with Crippen LogP contribution in [-0.2, 0) is 0 Å². The molecule has 1 aromatic heterocycles. The van der Waals surface area contributed by atoms with Crippen LogP contribution in [0.5, 0.6) is 11.6 Å². The minimum absolute atomic E-state index is 0.00648. The molecular formula is C34H36Cl2FN5O3. The predicted molar refractivity (Wildman–Crippen MR) is 178 cm³/mol. The Balaban J connectivity index is 1.41. The van der Waals surface area contributed by atoms with Gasteiger partial charge in [-0.2, -0.15) is 4.98 Å². The highest BCUT2D eigenvalue weighted by Gasteiger charge is 2.21. The zero-order chi connectivity index (χ0) is 32.2. The summed E-state index contributed by atoms with van der Waals surface area (Å²) in [6.07, 6.45) is 1.44. The Bertz CT molecular complexity index is 1720. The van der Waals surface area contributed by atoms with Crippen molar-refractivity contribution in [2.45, 2.75) is 33.6 Å². The molecule has 1 atom stereocenters. The number of carbonyl (C=O) groups is 1. The van der Waals surface area contributed by atoms with Gasteiger partial charge in [0.1, 0.15) is 0 Å². The molecule has 1 N–H and O–H groups in total. The maximum atomic E-state index is 15.1. The second-order valence-electron chi connectivity index (χ2n) is 11.5. The van der Waals surface area contributed by atoms with Crippen LogP contribution >= 0.6 is 23.2 Å². The Kier molecular flexibility index (Phi) is 10.1. The smallest absolute Gasteiger partial charge is 0.420 e. The van der Waals surface area contributed by atoms with Crippen molar-refractivity contribution in [2.24, 2.45) is 5.92 Å². The van der Waals surface area contributed by atoms with Gasteiger partial charge in [-0.3, -0.25) is 4.90 Å². The number of rotatable bonds is 8. The second kappa shape index (κ2) is 14.0. The zero-order valence-electron chi connectivity index (χ0n) is 26.0. The molecule has 0 bridgehead atoms. The largest absolute Gasteiger partial charge is 0.490 e. The summed E-state index contributed by atoms with van der Waals surface area (Å²) in [5.74, 6) is 0.159. The van der Waals surface area contributed by atoms with E-state index in [-0.39, 0.29) is 17.6 Å². The molecule has 8 nitrogen and oxygen atoms in total. The molecule has 11 heteroatoms. The fourth-order valence-electron chi connectivity index (χ4n) is 5.35. The number of carbonyl (C=O) groups excluding carboxylic acids is 1. The van der Waals surface area contributed by atoms with Gasteiger partial charge in [0, 0.05) is 47.9 Å². The highest BCUT2D eigenvalue weighted by atomic mass is 35.5. The van der Waals surface area contributed by atoms with Gasteiger partial charge in [-0.1, -0.05) is 35.3 Å². The fraction of sp³-hybridized carbons (Fsp3) is 0.324. The summed E-state index contributed by atoms with van der Waals surface area (Å²) < 4.78 is 26.6. The molecule has 0 spiro atoms. The molecule has 45 heavy (non-hydrogen) atoms. The number of amides is 1. The van der Waals surface area contributed by atoms with Crippen LogP contribution < -0.4 is 19.7 Å². The van der Waals surface area contributed by atoms with E-state index in [9.17, 15) is 4.79 Å². The fourth-order valence-corrected chi connectivity index (χ4v) is 5.76. The van der Waals surface area contributed by atoms with E-state index in [1.54, 1.807) is 36.4 Å². The van der Waals surface area contributed by atoms with Gasteiger partial charge in [-0.25, -0.2) is 14.2 Å². The number of piperidine rings is 1. The summed E-state index contributed by atoms with van der Waals surface area (Å²) in [6.45, 7) is 8.55. The Morgan fingerprint density at radius 1 is 1.07 bits per heavy atom. The summed E-state index contributed by atoms with van der Waals surface area (Å²) >= 11 is 12.4. The molecule has 1 aliphatic heterocycles. The minimum atomic E-state index is -0.733. The van der Waals surface area contributed by atoms with Crippen molar-refractivity contribution in [2.75, 3.05) is 44.0 Å². The van der Waals surface area contributed by atoms with E-state index in [1.807, 2.05) is 32.9 Å². The Labute approximate surface area is 273 Å². The number of ether oxygens (including phenoxy) is 2. The molecule has 0 radical (unpaired) electrons. The van der Waals surface area contributed by atoms with Gasteiger partial charge in [-0.15, -0.1) is 0 Å². The van der Waals surface area contributed by atoms with Crippen LogP contribution in [-0.4, -0.2) is 54.8 Å². The second-order valence-corrected chi connectivity index (χ2v) is 12.3. The first kappa shape index (κ1) is 32.5. The van der Waals surface area contributed by atoms with E-state index in [0.29, 0.717) is 39.6 Å². The van der Waals surface area contributed by atoms with Crippen molar-refractivity contribution in [3.8, 4) is 22.9 Å². The predicted octanol–water partition coefficient (Wildman–Crippen LogP) is 8.61. The molecule has 1 saturated heterocycles. The van der Waals surface area contributed by atoms with Crippen LogP contribution in [0.4, 0.5) is 26.5 Å². The number of aromatic nitrogens is 2. The molecule has 5 rings (SSSR count). The van der Waals surface area contributed by atoms with Gasteiger partial charge < -0.3 is 19.7 Å². The number of hydrogen-bond acceptors (Lipinski definition) is 7. The lowest BCUT2D eigenvalue weighted by molar-refractivity contribution is 0.147. The van der Waals surface area contributed by atoms with Gasteiger partial charge >= 0.3 is 6.09 Å². The molecule has 0 saturated carbocycles. The van der Waals surface area contributed by atoms with Crippen LogP contribution in [0.15, 0.2) is 54.6 Å². The van der Waals surface area contributed by atoms with Crippen molar-refractivity contribution in [3.63, 3.8) is 0 Å². The normalized spacial score (nSPS) is 15.1. The van der Waals surface area contributed by atoms with E-state index >= 15 is 4.39 Å². The molecule has 0 aliphatic carbocycles. The summed E-state index contributed by atoms with van der Waals surface area (Å²) in [7, 11) is 3.61. The Hall–Kier alpha value is -3.92. The molecule has 1 amide bonds. The molecule has 3 aromatic carbocycles. The summed E-state index contributed by atoms with van der Waals surface area (Å²) in [5.41, 5.74) is 5.44. The Morgan fingerprint density at radius 3 is 2.62 bits per heavy atom. The van der Waals surface area contributed by atoms with Crippen LogP contribution in [0.25, 0.3) is 11.3 Å². The number of likely N-dealkylation sites (tertiary alicyclic amines) is 1. The molecule has 1 fully saturated rings. The van der Waals surface area contributed by atoms with Crippen molar-refractivity contribution < 1.29 is 18.7 Å². The number of benzene rings is 3. The molecule has 1 unspecified atom stereocenters. The average molecular weight is 653 g/mol. The number of hydrogen-bond donors (Lipinski definition) is 1. The van der Waals surface area contributed by atoms with Crippen LogP contribution in [0.3, 0.4) is 0 Å². The molecule has 236 valence electrons. The summed E-state index contributed by atoms with van der Waals surface area (Å²) in [5, 5.41) is 3.81. The van der Waals surface area contributed by atoms with Gasteiger partial charge in [0.15, 0.2) is 11.6 Å². The van der Waals surface area contributed by atoms with Gasteiger partial charge in [0.25, 0.3) is 0 Å². The topological polar surface area (TPSA) is 79.8 Å². The highest BCUT2D eigenvalue weighted by Crippen LogP contribution is 2.32. The third-order valence-corrected chi connectivity index (χ3v) is 8.71. The quantitative estimate of drug-likeness (QED) is 0.204. The first-order valence-corrected chi connectivity index (χ1v) is 15.5. The van der Waals surface area contributed by atoms with Crippen LogP contribution in [0.2, 0.25) is 10.0 Å². The zero-order valence-corrected chi connectivity index (χ0v) is 27.5. The SMILES string of the molecule is Cc1ccc(-c2cc(OC(=O)N(C)c3cc(Cl)ccc3Cl)nc(Nc3ccc(OCC4CCCN(C)C4)c(F)c3)n2)c(C)c1C. The van der Waals surface area contributed by atoms with E-state index in [0.717, 1.165) is 48.2 Å². The maximum absolute atomic E-state index is 15.1. The van der Waals surface area contributed by atoms with Crippen molar-refractivity contribution in [1.29, 1.82) is 0 Å². The van der Waals surface area contributed by atoms with Crippen molar-refractivity contribution in [1.82, 2.24) is 14.9 Å².